The molecule has 0 saturated heterocycles. The van der Waals surface area contributed by atoms with Gasteiger partial charge in [-0.3, -0.25) is 9.79 Å². The SMILES string of the molecule is CCCC(=O)NC(CCCN=C(N)N)C(=O)O. The normalized spacial score (nSPS) is 11.6. The maximum atomic E-state index is 11.3. The van der Waals surface area contributed by atoms with E-state index in [0.29, 0.717) is 32.2 Å². The summed E-state index contributed by atoms with van der Waals surface area (Å²) in [5.74, 6) is -1.31. The lowest BCUT2D eigenvalue weighted by molar-refractivity contribution is -0.142. The second-order valence-corrected chi connectivity index (χ2v) is 3.66. The summed E-state index contributed by atoms with van der Waals surface area (Å²) in [6, 6.07) is -0.872. The van der Waals surface area contributed by atoms with Crippen LogP contribution in [-0.4, -0.2) is 35.5 Å². The van der Waals surface area contributed by atoms with E-state index in [2.05, 4.69) is 10.3 Å². The summed E-state index contributed by atoms with van der Waals surface area (Å²) >= 11 is 0. The number of hydrogen-bond acceptors (Lipinski definition) is 3. The van der Waals surface area contributed by atoms with Crippen molar-refractivity contribution >= 4 is 17.8 Å². The molecule has 0 rings (SSSR count). The second-order valence-electron chi connectivity index (χ2n) is 3.66. The highest BCUT2D eigenvalue weighted by atomic mass is 16.4. The van der Waals surface area contributed by atoms with Crippen molar-refractivity contribution in [3.8, 4) is 0 Å². The Balaban J connectivity index is 4.03. The summed E-state index contributed by atoms with van der Waals surface area (Å²) in [6.45, 7) is 2.21. The van der Waals surface area contributed by atoms with Gasteiger partial charge in [0.15, 0.2) is 5.96 Å². The highest BCUT2D eigenvalue weighted by Crippen LogP contribution is 1.99. The van der Waals surface area contributed by atoms with Gasteiger partial charge in [-0.15, -0.1) is 0 Å². The minimum atomic E-state index is -1.04. The number of carboxylic acid groups (broad SMARTS) is 1. The second kappa shape index (κ2) is 8.37. The Morgan fingerprint density at radius 2 is 2.06 bits per heavy atom. The Morgan fingerprint density at radius 1 is 1.41 bits per heavy atom. The molecule has 0 aromatic rings. The first-order valence-electron chi connectivity index (χ1n) is 5.55. The molecule has 0 spiro atoms. The number of aliphatic imine (C=N–C) groups is 1. The highest BCUT2D eigenvalue weighted by molar-refractivity contribution is 5.83. The molecule has 0 saturated carbocycles. The van der Waals surface area contributed by atoms with Gasteiger partial charge < -0.3 is 21.9 Å². The van der Waals surface area contributed by atoms with E-state index in [-0.39, 0.29) is 11.9 Å². The minimum Gasteiger partial charge on any atom is -0.480 e. The highest BCUT2D eigenvalue weighted by Gasteiger charge is 2.18. The van der Waals surface area contributed by atoms with E-state index in [1.807, 2.05) is 6.92 Å². The third kappa shape index (κ3) is 8.06. The summed E-state index contributed by atoms with van der Waals surface area (Å²) in [7, 11) is 0. The van der Waals surface area contributed by atoms with Gasteiger partial charge in [-0.05, 0) is 19.3 Å². The van der Waals surface area contributed by atoms with Crippen molar-refractivity contribution in [3.05, 3.63) is 0 Å². The molecule has 1 atom stereocenters. The van der Waals surface area contributed by atoms with E-state index in [1.165, 1.54) is 0 Å². The number of nitrogens with two attached hydrogens (primary N) is 2. The van der Waals surface area contributed by atoms with Crippen LogP contribution in [0.15, 0.2) is 4.99 Å². The van der Waals surface area contributed by atoms with Crippen LogP contribution in [0, 0.1) is 0 Å². The van der Waals surface area contributed by atoms with Gasteiger partial charge in [-0.25, -0.2) is 4.79 Å². The zero-order valence-corrected chi connectivity index (χ0v) is 9.98. The van der Waals surface area contributed by atoms with Crippen LogP contribution in [0.5, 0.6) is 0 Å². The molecule has 0 aromatic carbocycles. The van der Waals surface area contributed by atoms with E-state index in [4.69, 9.17) is 16.6 Å². The van der Waals surface area contributed by atoms with Crippen LogP contribution in [-0.2, 0) is 9.59 Å². The van der Waals surface area contributed by atoms with E-state index in [1.54, 1.807) is 0 Å². The third-order valence-corrected chi connectivity index (χ3v) is 2.06. The quantitative estimate of drug-likeness (QED) is 0.257. The lowest BCUT2D eigenvalue weighted by atomic mass is 10.1. The number of carbonyl (C=O) groups is 2. The molecule has 0 aliphatic rings. The number of guanidine groups is 1. The number of amides is 1. The summed E-state index contributed by atoms with van der Waals surface area (Å²) in [5, 5.41) is 11.4. The molecule has 7 nitrogen and oxygen atoms in total. The molecule has 0 bridgehead atoms. The van der Waals surface area contributed by atoms with Crippen LogP contribution in [0.25, 0.3) is 0 Å². The van der Waals surface area contributed by atoms with E-state index in [0.717, 1.165) is 0 Å². The maximum Gasteiger partial charge on any atom is 0.326 e. The Bertz CT molecular complexity index is 287. The minimum absolute atomic E-state index is 0.0214. The molecular formula is C10H20N4O3. The number of carbonyl (C=O) groups excluding carboxylic acids is 1. The molecule has 0 aromatic heterocycles. The summed E-state index contributed by atoms with van der Waals surface area (Å²) in [4.78, 5) is 25.9. The molecule has 1 amide bonds. The van der Waals surface area contributed by atoms with Crippen LogP contribution >= 0.6 is 0 Å². The number of nitrogens with zero attached hydrogens (tertiary/aromatic N) is 1. The lowest BCUT2D eigenvalue weighted by Crippen LogP contribution is -2.40. The average Bonchev–Trinajstić information content (AvgIpc) is 2.22. The van der Waals surface area contributed by atoms with Crippen molar-refractivity contribution in [1.82, 2.24) is 5.32 Å². The smallest absolute Gasteiger partial charge is 0.326 e. The van der Waals surface area contributed by atoms with Gasteiger partial charge in [-0.1, -0.05) is 6.92 Å². The zero-order valence-electron chi connectivity index (χ0n) is 9.98. The molecule has 6 N–H and O–H groups in total. The van der Waals surface area contributed by atoms with Crippen LogP contribution in [0.1, 0.15) is 32.6 Å². The van der Waals surface area contributed by atoms with E-state index in [9.17, 15) is 9.59 Å². The standard InChI is InChI=1S/C10H20N4O3/c1-2-4-8(15)14-7(9(16)17)5-3-6-13-10(11)12/h7H,2-6H2,1H3,(H,14,15)(H,16,17)(H4,11,12,13). The number of carboxylic acids is 1. The first-order chi connectivity index (χ1) is 7.97. The molecule has 17 heavy (non-hydrogen) atoms. The first-order valence-corrected chi connectivity index (χ1v) is 5.55. The maximum absolute atomic E-state index is 11.3. The zero-order chi connectivity index (χ0) is 13.3. The molecule has 0 aliphatic carbocycles. The molecule has 0 fully saturated rings. The average molecular weight is 244 g/mol. The van der Waals surface area contributed by atoms with Gasteiger partial charge in [0.1, 0.15) is 6.04 Å². The van der Waals surface area contributed by atoms with Gasteiger partial charge in [0.05, 0.1) is 0 Å². The van der Waals surface area contributed by atoms with Crippen molar-refractivity contribution in [1.29, 1.82) is 0 Å². The summed E-state index contributed by atoms with van der Waals surface area (Å²) in [6.07, 6.45) is 1.83. The van der Waals surface area contributed by atoms with Gasteiger partial charge in [-0.2, -0.15) is 0 Å². The van der Waals surface area contributed by atoms with Crippen LogP contribution in [0.4, 0.5) is 0 Å². The molecule has 98 valence electrons. The summed E-state index contributed by atoms with van der Waals surface area (Å²) < 4.78 is 0. The molecule has 0 heterocycles. The number of hydrogen-bond donors (Lipinski definition) is 4. The molecular weight excluding hydrogens is 224 g/mol. The Hall–Kier alpha value is -1.79. The van der Waals surface area contributed by atoms with Gasteiger partial charge in [0.25, 0.3) is 0 Å². The molecule has 0 aliphatic heterocycles. The monoisotopic (exact) mass is 244 g/mol. The van der Waals surface area contributed by atoms with Gasteiger partial charge in [0.2, 0.25) is 5.91 Å². The molecule has 0 radical (unpaired) electrons. The Kier molecular flexibility index (Phi) is 7.49. The first kappa shape index (κ1) is 15.2. The third-order valence-electron chi connectivity index (χ3n) is 2.06. The molecule has 1 unspecified atom stereocenters. The lowest BCUT2D eigenvalue weighted by Gasteiger charge is -2.13. The van der Waals surface area contributed by atoms with Crippen molar-refractivity contribution in [2.75, 3.05) is 6.54 Å². The van der Waals surface area contributed by atoms with Gasteiger partial charge in [0, 0.05) is 13.0 Å². The topological polar surface area (TPSA) is 131 Å². The van der Waals surface area contributed by atoms with Crippen molar-refractivity contribution in [2.24, 2.45) is 16.5 Å². The fourth-order valence-corrected chi connectivity index (χ4v) is 1.25. The fraction of sp³-hybridized carbons (Fsp3) is 0.700. The number of nitrogens with one attached hydrogen (secondary N) is 1. The van der Waals surface area contributed by atoms with E-state index >= 15 is 0 Å². The van der Waals surface area contributed by atoms with Crippen LogP contribution < -0.4 is 16.8 Å². The van der Waals surface area contributed by atoms with Crippen LogP contribution in [0.2, 0.25) is 0 Å². The predicted octanol–water partition coefficient (Wildman–Crippen LogP) is -0.590. The van der Waals surface area contributed by atoms with Crippen LogP contribution in [0.3, 0.4) is 0 Å². The van der Waals surface area contributed by atoms with Crippen molar-refractivity contribution in [2.45, 2.75) is 38.6 Å². The number of aliphatic carboxylic acids is 1. The Labute approximate surface area is 100 Å². The van der Waals surface area contributed by atoms with Crippen molar-refractivity contribution < 1.29 is 14.7 Å². The van der Waals surface area contributed by atoms with Gasteiger partial charge >= 0.3 is 5.97 Å². The van der Waals surface area contributed by atoms with Crippen molar-refractivity contribution in [3.63, 3.8) is 0 Å². The summed E-state index contributed by atoms with van der Waals surface area (Å²) in [5.41, 5.74) is 10.3. The fourth-order valence-electron chi connectivity index (χ4n) is 1.25. The largest absolute Gasteiger partial charge is 0.480 e. The number of rotatable bonds is 8. The molecule has 7 heteroatoms. The predicted molar refractivity (Wildman–Crippen MR) is 64.4 cm³/mol. The Morgan fingerprint density at radius 3 is 2.53 bits per heavy atom. The van der Waals surface area contributed by atoms with E-state index < -0.39 is 12.0 Å².